The van der Waals surface area contributed by atoms with E-state index in [9.17, 15) is 50.4 Å². The molecule has 2 aliphatic rings. The van der Waals surface area contributed by atoms with Gasteiger partial charge in [0.15, 0.2) is 0 Å². The van der Waals surface area contributed by atoms with Crippen molar-refractivity contribution in [2.75, 3.05) is 13.2 Å². The number of carbonyl (C=O) groups excluding carboxylic acids is 2. The Morgan fingerprint density at radius 3 is 1.28 bits per heavy atom. The SMILES string of the molecule is O=C(CCCCCCCC(=O)NN=Cc1ccc(O[C@H]2OC(CO)[C@@H](O)[C@H](O)C2O)cc1)NN=Cc1ccc(O[C@H]2OC(CO)[C@@H](O)[C@H](O)C2O)cc1. The minimum absolute atomic E-state index is 0.239. The molecule has 2 amide bonds. The maximum Gasteiger partial charge on any atom is 0.240 e. The molecule has 18 heteroatoms. The number of nitrogens with zero attached hydrogens (tertiary/aromatic N) is 2. The van der Waals surface area contributed by atoms with Gasteiger partial charge in [0.2, 0.25) is 24.4 Å². The Morgan fingerprint density at radius 2 is 0.925 bits per heavy atom. The number of nitrogens with one attached hydrogen (secondary N) is 2. The standard InChI is InChI=1S/C35H48N4O14/c40-18-24-28(44)30(46)32(48)34(52-24)50-22-12-8-20(9-13-22)16-36-38-26(42)6-4-2-1-3-5-7-27(43)39-37-17-21-10-14-23(15-11-21)51-35-33(49)31(47)29(45)25(19-41)53-35/h8-17,24-25,28-35,40-41,44-49H,1-7,18-19H2,(H,38,42)(H,39,43)/t24?,25?,28-,29-,30+,31+,32?,33?,34+,35+/m1/s1. The summed E-state index contributed by atoms with van der Waals surface area (Å²) >= 11 is 0. The van der Waals surface area contributed by atoms with E-state index >= 15 is 0 Å². The Kier molecular flexibility index (Phi) is 16.5. The van der Waals surface area contributed by atoms with E-state index in [1.807, 2.05) is 0 Å². The van der Waals surface area contributed by atoms with Gasteiger partial charge >= 0.3 is 0 Å². The second kappa shape index (κ2) is 21.0. The topological polar surface area (TPSA) is 282 Å². The number of unbranched alkanes of at least 4 members (excludes halogenated alkanes) is 4. The molecule has 2 aliphatic heterocycles. The Labute approximate surface area is 305 Å². The van der Waals surface area contributed by atoms with Crippen LogP contribution in [0.3, 0.4) is 0 Å². The van der Waals surface area contributed by atoms with Crippen LogP contribution in [0, 0.1) is 0 Å². The van der Waals surface area contributed by atoms with E-state index in [4.69, 9.17) is 18.9 Å². The predicted molar refractivity (Wildman–Crippen MR) is 185 cm³/mol. The highest BCUT2D eigenvalue weighted by Gasteiger charge is 2.45. The molecule has 2 saturated heterocycles. The first kappa shape index (κ1) is 41.7. The number of benzene rings is 2. The first-order valence-corrected chi connectivity index (χ1v) is 17.3. The predicted octanol–water partition coefficient (Wildman–Crippen LogP) is -1.62. The second-order valence-corrected chi connectivity index (χ2v) is 12.6. The first-order valence-electron chi connectivity index (χ1n) is 17.3. The summed E-state index contributed by atoms with van der Waals surface area (Å²) in [6.07, 6.45) is -6.58. The number of amides is 2. The molecule has 4 rings (SSSR count). The molecule has 0 radical (unpaired) electrons. The van der Waals surface area contributed by atoms with E-state index in [-0.39, 0.29) is 11.8 Å². The van der Waals surface area contributed by atoms with Crippen molar-refractivity contribution in [3.8, 4) is 11.5 Å². The molecule has 10 N–H and O–H groups in total. The molecule has 10 atom stereocenters. The number of hydrogen-bond donors (Lipinski definition) is 10. The van der Waals surface area contributed by atoms with Gasteiger partial charge in [-0.05, 0) is 72.5 Å². The third-order valence-corrected chi connectivity index (χ3v) is 8.57. The van der Waals surface area contributed by atoms with Gasteiger partial charge < -0.3 is 59.8 Å². The number of ether oxygens (including phenoxy) is 4. The minimum Gasteiger partial charge on any atom is -0.462 e. The number of rotatable bonds is 18. The van der Waals surface area contributed by atoms with Gasteiger partial charge in [0, 0.05) is 12.8 Å². The highest BCUT2D eigenvalue weighted by molar-refractivity contribution is 5.83. The molecule has 0 bridgehead atoms. The van der Waals surface area contributed by atoms with Crippen molar-refractivity contribution in [1.29, 1.82) is 0 Å². The molecule has 0 aromatic heterocycles. The number of hydrogen-bond acceptors (Lipinski definition) is 16. The maximum atomic E-state index is 12.1. The van der Waals surface area contributed by atoms with Gasteiger partial charge in [0.1, 0.15) is 60.3 Å². The summed E-state index contributed by atoms with van der Waals surface area (Å²) in [6, 6.07) is 12.9. The quantitative estimate of drug-likeness (QED) is 0.0466. The summed E-state index contributed by atoms with van der Waals surface area (Å²) in [5.74, 6) is 0.127. The fourth-order valence-electron chi connectivity index (χ4n) is 5.43. The summed E-state index contributed by atoms with van der Waals surface area (Å²) in [4.78, 5) is 24.2. The summed E-state index contributed by atoms with van der Waals surface area (Å²) in [7, 11) is 0. The molecule has 0 spiro atoms. The molecule has 2 aromatic rings. The smallest absolute Gasteiger partial charge is 0.240 e. The van der Waals surface area contributed by atoms with Crippen molar-refractivity contribution in [2.45, 2.75) is 106 Å². The van der Waals surface area contributed by atoms with Crippen molar-refractivity contribution in [3.63, 3.8) is 0 Å². The normalized spacial score (nSPS) is 28.9. The zero-order chi connectivity index (χ0) is 38.3. The molecular formula is C35H48N4O14. The zero-order valence-electron chi connectivity index (χ0n) is 28.8. The third kappa shape index (κ3) is 12.5. The highest BCUT2D eigenvalue weighted by Crippen LogP contribution is 2.26. The van der Waals surface area contributed by atoms with E-state index in [1.165, 1.54) is 12.4 Å². The van der Waals surface area contributed by atoms with E-state index in [1.54, 1.807) is 48.5 Å². The molecule has 2 fully saturated rings. The Bertz CT molecular complexity index is 1370. The fraction of sp³-hybridized carbons (Fsp3) is 0.543. The number of hydrazone groups is 2. The Morgan fingerprint density at radius 1 is 0.566 bits per heavy atom. The van der Waals surface area contributed by atoms with Crippen LogP contribution in [0.15, 0.2) is 58.7 Å². The fourth-order valence-corrected chi connectivity index (χ4v) is 5.43. The van der Waals surface area contributed by atoms with Crippen LogP contribution in [0.1, 0.15) is 56.1 Å². The largest absolute Gasteiger partial charge is 0.462 e. The molecule has 18 nitrogen and oxygen atoms in total. The Hall–Kier alpha value is -4.08. The number of aliphatic hydroxyl groups is 8. The van der Waals surface area contributed by atoms with Gasteiger partial charge in [-0.1, -0.05) is 19.3 Å². The van der Waals surface area contributed by atoms with E-state index in [0.29, 0.717) is 48.3 Å². The van der Waals surface area contributed by atoms with Crippen LogP contribution in [0.25, 0.3) is 0 Å². The Balaban J connectivity index is 1.03. The molecule has 292 valence electrons. The average Bonchev–Trinajstić information content (AvgIpc) is 3.16. The van der Waals surface area contributed by atoms with Crippen molar-refractivity contribution >= 4 is 24.2 Å². The van der Waals surface area contributed by atoms with Gasteiger partial charge in [0.25, 0.3) is 0 Å². The van der Waals surface area contributed by atoms with Crippen LogP contribution in [0.4, 0.5) is 0 Å². The summed E-state index contributed by atoms with van der Waals surface area (Å²) in [5.41, 5.74) is 6.25. The van der Waals surface area contributed by atoms with Crippen LogP contribution in [0.5, 0.6) is 11.5 Å². The van der Waals surface area contributed by atoms with Gasteiger partial charge in [-0.15, -0.1) is 0 Å². The number of aliphatic hydroxyl groups excluding tert-OH is 8. The lowest BCUT2D eigenvalue weighted by atomic mass is 9.99. The van der Waals surface area contributed by atoms with Gasteiger partial charge in [0.05, 0.1) is 25.6 Å². The average molecular weight is 749 g/mol. The van der Waals surface area contributed by atoms with Gasteiger partial charge in [-0.3, -0.25) is 9.59 Å². The van der Waals surface area contributed by atoms with Crippen LogP contribution >= 0.6 is 0 Å². The van der Waals surface area contributed by atoms with Crippen LogP contribution in [0.2, 0.25) is 0 Å². The summed E-state index contributed by atoms with van der Waals surface area (Å²) in [5, 5.41) is 86.3. The molecule has 2 aromatic carbocycles. The van der Waals surface area contributed by atoms with Crippen molar-refractivity contribution < 1.29 is 69.4 Å². The summed E-state index contributed by atoms with van der Waals surface area (Å²) < 4.78 is 21.8. The molecule has 0 saturated carbocycles. The van der Waals surface area contributed by atoms with E-state index in [2.05, 4.69) is 21.1 Å². The highest BCUT2D eigenvalue weighted by atomic mass is 16.7. The molecule has 4 unspecified atom stereocenters. The maximum absolute atomic E-state index is 12.1. The molecule has 53 heavy (non-hydrogen) atoms. The molecule has 0 aliphatic carbocycles. The summed E-state index contributed by atoms with van der Waals surface area (Å²) in [6.45, 7) is -1.13. The third-order valence-electron chi connectivity index (χ3n) is 8.57. The second-order valence-electron chi connectivity index (χ2n) is 12.6. The van der Waals surface area contributed by atoms with Crippen molar-refractivity contribution in [1.82, 2.24) is 10.9 Å². The van der Waals surface area contributed by atoms with Crippen molar-refractivity contribution in [3.05, 3.63) is 59.7 Å². The first-order chi connectivity index (χ1) is 25.5. The van der Waals surface area contributed by atoms with Crippen LogP contribution < -0.4 is 20.3 Å². The van der Waals surface area contributed by atoms with E-state index < -0.39 is 74.6 Å². The lowest BCUT2D eigenvalue weighted by Gasteiger charge is -2.39. The minimum atomic E-state index is -1.55. The van der Waals surface area contributed by atoms with Crippen molar-refractivity contribution in [2.24, 2.45) is 10.2 Å². The lowest BCUT2D eigenvalue weighted by molar-refractivity contribution is -0.277. The van der Waals surface area contributed by atoms with Crippen LogP contribution in [-0.2, 0) is 19.1 Å². The van der Waals surface area contributed by atoms with Gasteiger partial charge in [-0.2, -0.15) is 10.2 Å². The lowest BCUT2D eigenvalue weighted by Crippen LogP contribution is -2.60. The molecular weight excluding hydrogens is 700 g/mol. The van der Waals surface area contributed by atoms with Gasteiger partial charge in [-0.25, -0.2) is 10.9 Å². The number of carbonyl (C=O) groups is 2. The van der Waals surface area contributed by atoms with E-state index in [0.717, 1.165) is 19.3 Å². The zero-order valence-corrected chi connectivity index (χ0v) is 28.8. The van der Waals surface area contributed by atoms with Crippen LogP contribution in [-0.4, -0.2) is 140 Å². The monoisotopic (exact) mass is 748 g/mol. The molecule has 2 heterocycles.